The maximum absolute atomic E-state index is 11.7. The molecule has 1 saturated carbocycles. The van der Waals surface area contributed by atoms with E-state index in [4.69, 9.17) is 0 Å². The van der Waals surface area contributed by atoms with Gasteiger partial charge in [-0.05, 0) is 56.9 Å². The van der Waals surface area contributed by atoms with Crippen LogP contribution in [-0.4, -0.2) is 28.4 Å². The second kappa shape index (κ2) is 7.32. The highest BCUT2D eigenvalue weighted by Crippen LogP contribution is 2.29. The molecule has 4 heteroatoms. The zero-order valence-corrected chi connectivity index (χ0v) is 13.7. The molecule has 1 fully saturated rings. The number of hydrogen-bond acceptors (Lipinski definition) is 3. The molecule has 0 amide bonds. The van der Waals surface area contributed by atoms with Gasteiger partial charge in [0.05, 0.1) is 0 Å². The first kappa shape index (κ1) is 16.4. The van der Waals surface area contributed by atoms with Crippen LogP contribution in [0.15, 0.2) is 29.2 Å². The first-order valence-electron chi connectivity index (χ1n) is 7.76. The molecule has 116 valence electrons. The van der Waals surface area contributed by atoms with Crippen LogP contribution in [0, 0.1) is 6.92 Å². The van der Waals surface area contributed by atoms with Gasteiger partial charge in [0.1, 0.15) is 5.54 Å². The summed E-state index contributed by atoms with van der Waals surface area (Å²) in [5.41, 5.74) is 0.540. The van der Waals surface area contributed by atoms with Crippen molar-refractivity contribution in [2.24, 2.45) is 0 Å². The van der Waals surface area contributed by atoms with Crippen molar-refractivity contribution in [1.29, 1.82) is 0 Å². The molecule has 0 bridgehead atoms. The predicted molar refractivity (Wildman–Crippen MR) is 88.0 cm³/mol. The van der Waals surface area contributed by atoms with Crippen molar-refractivity contribution in [3.63, 3.8) is 0 Å². The average Bonchev–Trinajstić information content (AvgIpc) is 3.26. The second-order valence-corrected chi connectivity index (χ2v) is 7.10. The van der Waals surface area contributed by atoms with Crippen molar-refractivity contribution < 1.29 is 9.90 Å². The Balaban J connectivity index is 1.82. The minimum Gasteiger partial charge on any atom is -0.480 e. The normalized spacial score (nSPS) is 17.4. The molecular weight excluding hydrogens is 282 g/mol. The summed E-state index contributed by atoms with van der Waals surface area (Å²) < 4.78 is 0. The van der Waals surface area contributed by atoms with Gasteiger partial charge in [-0.2, -0.15) is 0 Å². The molecule has 0 aromatic heterocycles. The van der Waals surface area contributed by atoms with Gasteiger partial charge < -0.3 is 5.11 Å². The highest BCUT2D eigenvalue weighted by molar-refractivity contribution is 7.99. The number of carboxylic acids is 1. The van der Waals surface area contributed by atoms with Crippen LogP contribution in [0.3, 0.4) is 0 Å². The molecule has 0 radical (unpaired) electrons. The van der Waals surface area contributed by atoms with Gasteiger partial charge in [-0.1, -0.05) is 24.6 Å². The summed E-state index contributed by atoms with van der Waals surface area (Å²) in [5.74, 6) is 0.266. The molecule has 21 heavy (non-hydrogen) atoms. The molecule has 2 rings (SSSR count). The molecule has 1 aromatic rings. The van der Waals surface area contributed by atoms with Gasteiger partial charge >= 0.3 is 5.97 Å². The van der Waals surface area contributed by atoms with Crippen LogP contribution in [0.4, 0.5) is 0 Å². The van der Waals surface area contributed by atoms with Crippen molar-refractivity contribution >= 4 is 17.7 Å². The maximum atomic E-state index is 11.7. The number of aryl methyl sites for hydroxylation is 1. The molecule has 0 heterocycles. The van der Waals surface area contributed by atoms with Crippen LogP contribution in [0.2, 0.25) is 0 Å². The lowest BCUT2D eigenvalue weighted by Crippen LogP contribution is -2.52. The zero-order chi connectivity index (χ0) is 15.3. The van der Waals surface area contributed by atoms with Crippen LogP contribution in [0.5, 0.6) is 0 Å². The molecular formula is C17H25NO2S. The van der Waals surface area contributed by atoms with Gasteiger partial charge in [0.15, 0.2) is 0 Å². The lowest BCUT2D eigenvalue weighted by atomic mass is 9.90. The van der Waals surface area contributed by atoms with Gasteiger partial charge in [-0.3, -0.25) is 10.1 Å². The third kappa shape index (κ3) is 4.75. The number of rotatable bonds is 9. The van der Waals surface area contributed by atoms with Crippen LogP contribution < -0.4 is 5.32 Å². The van der Waals surface area contributed by atoms with Gasteiger partial charge in [-0.15, -0.1) is 11.8 Å². The quantitative estimate of drug-likeness (QED) is 0.537. The minimum atomic E-state index is -0.728. The molecule has 0 aliphatic heterocycles. The number of aliphatic carboxylic acids is 1. The number of carboxylic acid groups (broad SMARTS) is 1. The largest absolute Gasteiger partial charge is 0.480 e. The number of carbonyl (C=O) groups is 1. The maximum Gasteiger partial charge on any atom is 0.323 e. The molecule has 3 nitrogen and oxygen atoms in total. The third-order valence-corrected chi connectivity index (χ3v) is 5.16. The van der Waals surface area contributed by atoms with Gasteiger partial charge in [0.2, 0.25) is 0 Å². The Kier molecular flexibility index (Phi) is 5.71. The zero-order valence-electron chi connectivity index (χ0n) is 12.9. The fraction of sp³-hybridized carbons (Fsp3) is 0.588. The lowest BCUT2D eigenvalue weighted by molar-refractivity contribution is -0.145. The Bertz CT molecular complexity index is 487. The second-order valence-electron chi connectivity index (χ2n) is 5.93. The van der Waals surface area contributed by atoms with E-state index in [9.17, 15) is 9.90 Å². The standard InChI is InChI=1S/C17H25NO2S/c1-3-17(16(19)20,18-14-8-9-14)10-5-11-21-15-7-4-6-13(2)12-15/h4,6-7,12,14,18H,3,5,8-11H2,1-2H3,(H,19,20). The van der Waals surface area contributed by atoms with E-state index in [1.165, 1.54) is 10.5 Å². The van der Waals surface area contributed by atoms with Crippen molar-refractivity contribution in [3.8, 4) is 0 Å². The summed E-state index contributed by atoms with van der Waals surface area (Å²) in [6, 6.07) is 8.88. The highest BCUT2D eigenvalue weighted by Gasteiger charge is 2.40. The van der Waals surface area contributed by atoms with E-state index < -0.39 is 11.5 Å². The summed E-state index contributed by atoms with van der Waals surface area (Å²) in [5, 5.41) is 12.9. The Hall–Kier alpha value is -1.00. The molecule has 1 aliphatic carbocycles. The first-order chi connectivity index (χ1) is 10.1. The molecule has 1 unspecified atom stereocenters. The summed E-state index contributed by atoms with van der Waals surface area (Å²) in [6.45, 7) is 4.06. The lowest BCUT2D eigenvalue weighted by Gasteiger charge is -2.29. The molecule has 2 N–H and O–H groups in total. The summed E-state index contributed by atoms with van der Waals surface area (Å²) in [4.78, 5) is 12.9. The van der Waals surface area contributed by atoms with E-state index in [0.29, 0.717) is 18.9 Å². The Morgan fingerprint density at radius 3 is 2.81 bits per heavy atom. The Labute approximate surface area is 131 Å². The van der Waals surface area contributed by atoms with E-state index in [1.54, 1.807) is 0 Å². The number of benzene rings is 1. The van der Waals surface area contributed by atoms with Crippen molar-refractivity contribution in [2.45, 2.75) is 62.4 Å². The van der Waals surface area contributed by atoms with Gasteiger partial charge in [0, 0.05) is 10.9 Å². The van der Waals surface area contributed by atoms with E-state index >= 15 is 0 Å². The van der Waals surface area contributed by atoms with Crippen molar-refractivity contribution in [2.75, 3.05) is 5.75 Å². The monoisotopic (exact) mass is 307 g/mol. The molecule has 1 aromatic carbocycles. The van der Waals surface area contributed by atoms with Crippen LogP contribution >= 0.6 is 11.8 Å². The summed E-state index contributed by atoms with van der Waals surface area (Å²) in [6.07, 6.45) is 4.50. The predicted octanol–water partition coefficient (Wildman–Crippen LogP) is 3.85. The highest BCUT2D eigenvalue weighted by atomic mass is 32.2. The average molecular weight is 307 g/mol. The number of thioether (sulfide) groups is 1. The van der Waals surface area contributed by atoms with Crippen LogP contribution in [0.25, 0.3) is 0 Å². The SMILES string of the molecule is CCC(CCCSc1cccc(C)c1)(NC1CC1)C(=O)O. The van der Waals surface area contributed by atoms with Gasteiger partial charge in [0.25, 0.3) is 0 Å². The molecule has 0 spiro atoms. The van der Waals surface area contributed by atoms with Gasteiger partial charge in [-0.25, -0.2) is 0 Å². The fourth-order valence-corrected chi connectivity index (χ4v) is 3.53. The molecule has 1 aliphatic rings. The van der Waals surface area contributed by atoms with Crippen LogP contribution in [-0.2, 0) is 4.79 Å². The number of nitrogens with one attached hydrogen (secondary N) is 1. The van der Waals surface area contributed by atoms with E-state index in [2.05, 4.69) is 36.5 Å². The molecule has 1 atom stereocenters. The minimum absolute atomic E-state index is 0.422. The van der Waals surface area contributed by atoms with E-state index in [0.717, 1.165) is 25.0 Å². The van der Waals surface area contributed by atoms with Crippen molar-refractivity contribution in [3.05, 3.63) is 29.8 Å². The summed E-state index contributed by atoms with van der Waals surface area (Å²) in [7, 11) is 0. The Morgan fingerprint density at radius 2 is 2.24 bits per heavy atom. The van der Waals surface area contributed by atoms with Crippen LogP contribution in [0.1, 0.15) is 44.6 Å². The third-order valence-electron chi connectivity index (χ3n) is 4.08. The smallest absolute Gasteiger partial charge is 0.323 e. The van der Waals surface area contributed by atoms with E-state index in [1.807, 2.05) is 18.7 Å². The number of hydrogen-bond donors (Lipinski definition) is 2. The Morgan fingerprint density at radius 1 is 1.48 bits per heavy atom. The fourth-order valence-electron chi connectivity index (χ4n) is 2.56. The van der Waals surface area contributed by atoms with Crippen molar-refractivity contribution in [1.82, 2.24) is 5.32 Å². The van der Waals surface area contributed by atoms with E-state index in [-0.39, 0.29) is 0 Å². The first-order valence-corrected chi connectivity index (χ1v) is 8.75. The molecule has 0 saturated heterocycles. The topological polar surface area (TPSA) is 49.3 Å². The summed E-state index contributed by atoms with van der Waals surface area (Å²) >= 11 is 1.81.